The van der Waals surface area contributed by atoms with Gasteiger partial charge in [-0.05, 0) is 29.8 Å². The highest BCUT2D eigenvalue weighted by Gasteiger charge is 2.54. The molecule has 0 aromatic heterocycles. The zero-order chi connectivity index (χ0) is 25.8. The summed E-state index contributed by atoms with van der Waals surface area (Å²) >= 11 is 0. The summed E-state index contributed by atoms with van der Waals surface area (Å²) < 4.78 is 20.4. The monoisotopic (exact) mass is 501 g/mol. The number of likely N-dealkylation sites (tertiary alicyclic amines) is 1. The quantitative estimate of drug-likeness (QED) is 0.579. The molecule has 190 valence electrons. The van der Waals surface area contributed by atoms with Crippen molar-refractivity contribution in [1.29, 1.82) is 0 Å². The zero-order valence-electron chi connectivity index (χ0n) is 20.3. The summed E-state index contributed by atoms with van der Waals surface area (Å²) in [6.45, 7) is 0.927. The van der Waals surface area contributed by atoms with Gasteiger partial charge in [-0.2, -0.15) is 0 Å². The molecule has 3 aromatic carbocycles. The molecule has 3 aromatic rings. The first-order valence-electron chi connectivity index (χ1n) is 12.4. The van der Waals surface area contributed by atoms with Crippen LogP contribution in [0.15, 0.2) is 84.9 Å². The summed E-state index contributed by atoms with van der Waals surface area (Å²) in [5, 5.41) is 2.93. The summed E-state index contributed by atoms with van der Waals surface area (Å²) in [5.41, 5.74) is 0.387. The van der Waals surface area contributed by atoms with E-state index in [1.54, 1.807) is 46.2 Å². The van der Waals surface area contributed by atoms with E-state index in [2.05, 4.69) is 5.32 Å². The maximum absolute atomic E-state index is 14.2. The lowest BCUT2D eigenvalue weighted by atomic mass is 9.96. The standard InChI is InChI=1S/C29H28FN3O4/c30-24-14-8-7-13-23(24)28(36)32-17-15-29(16-18-32)33(27(35)22-11-5-2-6-12-22)25(20-37-29)26(34)31-19-21-9-3-1-4-10-21/h1-14,25H,15-20H2,(H,31,34)/t25-/m0/s1. The van der Waals surface area contributed by atoms with Gasteiger partial charge >= 0.3 is 0 Å². The maximum Gasteiger partial charge on any atom is 0.256 e. The molecule has 2 saturated heterocycles. The number of rotatable bonds is 5. The van der Waals surface area contributed by atoms with E-state index < -0.39 is 23.5 Å². The fourth-order valence-electron chi connectivity index (χ4n) is 5.05. The third-order valence-electron chi connectivity index (χ3n) is 7.05. The van der Waals surface area contributed by atoms with Crippen LogP contribution in [0.2, 0.25) is 0 Å². The highest BCUT2D eigenvalue weighted by molar-refractivity contribution is 5.98. The highest BCUT2D eigenvalue weighted by Crippen LogP contribution is 2.39. The van der Waals surface area contributed by atoms with Gasteiger partial charge in [0, 0.05) is 38.0 Å². The summed E-state index contributed by atoms with van der Waals surface area (Å²) in [6.07, 6.45) is 0.627. The van der Waals surface area contributed by atoms with E-state index in [0.717, 1.165) is 5.56 Å². The molecule has 0 bridgehead atoms. The van der Waals surface area contributed by atoms with Gasteiger partial charge in [0.2, 0.25) is 5.91 Å². The van der Waals surface area contributed by atoms with Crippen molar-refractivity contribution in [3.05, 3.63) is 107 Å². The van der Waals surface area contributed by atoms with Gasteiger partial charge in [-0.15, -0.1) is 0 Å². The second-order valence-electron chi connectivity index (χ2n) is 9.29. The van der Waals surface area contributed by atoms with Gasteiger partial charge in [0.05, 0.1) is 12.2 Å². The summed E-state index contributed by atoms with van der Waals surface area (Å²) in [7, 11) is 0. The first kappa shape index (κ1) is 24.6. The number of carbonyl (C=O) groups is 3. The molecule has 0 radical (unpaired) electrons. The Bertz CT molecular complexity index is 1280. The van der Waals surface area contributed by atoms with Crippen molar-refractivity contribution >= 4 is 17.7 Å². The molecule has 2 aliphatic rings. The lowest BCUT2D eigenvalue weighted by Gasteiger charge is -2.44. The van der Waals surface area contributed by atoms with Gasteiger partial charge in [0.15, 0.2) is 0 Å². The van der Waals surface area contributed by atoms with E-state index in [1.807, 2.05) is 36.4 Å². The molecule has 0 unspecified atom stereocenters. The van der Waals surface area contributed by atoms with Crippen LogP contribution in [0.5, 0.6) is 0 Å². The lowest BCUT2D eigenvalue weighted by molar-refractivity contribution is -0.128. The molecule has 2 aliphatic heterocycles. The van der Waals surface area contributed by atoms with Crippen LogP contribution < -0.4 is 5.32 Å². The second-order valence-corrected chi connectivity index (χ2v) is 9.29. The van der Waals surface area contributed by atoms with Crippen molar-refractivity contribution in [3.8, 4) is 0 Å². The second kappa shape index (κ2) is 10.5. The van der Waals surface area contributed by atoms with Crippen LogP contribution in [-0.2, 0) is 16.1 Å². The predicted molar refractivity (Wildman–Crippen MR) is 135 cm³/mol. The van der Waals surface area contributed by atoms with E-state index in [0.29, 0.717) is 24.9 Å². The van der Waals surface area contributed by atoms with Gasteiger partial charge in [-0.1, -0.05) is 60.7 Å². The topological polar surface area (TPSA) is 79.0 Å². The minimum Gasteiger partial charge on any atom is -0.353 e. The van der Waals surface area contributed by atoms with Crippen LogP contribution in [0.1, 0.15) is 39.1 Å². The Kier molecular flexibility index (Phi) is 7.01. The summed E-state index contributed by atoms with van der Waals surface area (Å²) in [4.78, 5) is 43.1. The minimum absolute atomic E-state index is 0.0150. The molecule has 2 fully saturated rings. The molecule has 0 saturated carbocycles. The van der Waals surface area contributed by atoms with Crippen molar-refractivity contribution < 1.29 is 23.5 Å². The van der Waals surface area contributed by atoms with Crippen LogP contribution in [0.25, 0.3) is 0 Å². The molecule has 0 aliphatic carbocycles. The maximum atomic E-state index is 14.2. The van der Waals surface area contributed by atoms with Crippen molar-refractivity contribution in [3.63, 3.8) is 0 Å². The third kappa shape index (κ3) is 4.97. The van der Waals surface area contributed by atoms with Crippen LogP contribution in [-0.4, -0.2) is 59.0 Å². The molecule has 7 nitrogen and oxygen atoms in total. The Balaban J connectivity index is 1.36. The largest absolute Gasteiger partial charge is 0.353 e. The highest BCUT2D eigenvalue weighted by atomic mass is 19.1. The van der Waals surface area contributed by atoms with Crippen molar-refractivity contribution in [2.24, 2.45) is 0 Å². The van der Waals surface area contributed by atoms with Crippen LogP contribution in [0.4, 0.5) is 4.39 Å². The number of hydrogen-bond acceptors (Lipinski definition) is 4. The van der Waals surface area contributed by atoms with E-state index in [-0.39, 0.29) is 37.1 Å². The van der Waals surface area contributed by atoms with E-state index in [1.165, 1.54) is 12.1 Å². The normalized spacial score (nSPS) is 18.6. The molecule has 5 rings (SSSR count). The van der Waals surface area contributed by atoms with E-state index in [4.69, 9.17) is 4.74 Å². The van der Waals surface area contributed by atoms with Gasteiger partial charge in [0.1, 0.15) is 17.6 Å². The smallest absolute Gasteiger partial charge is 0.256 e. The van der Waals surface area contributed by atoms with Crippen molar-refractivity contribution in [1.82, 2.24) is 15.1 Å². The summed E-state index contributed by atoms with van der Waals surface area (Å²) in [5.74, 6) is -1.56. The summed E-state index contributed by atoms with van der Waals surface area (Å²) in [6, 6.07) is 23.4. The number of hydrogen-bond donors (Lipinski definition) is 1. The van der Waals surface area contributed by atoms with Crippen LogP contribution >= 0.6 is 0 Å². The molecule has 1 spiro atoms. The van der Waals surface area contributed by atoms with Gasteiger partial charge in [-0.3, -0.25) is 19.3 Å². The molecular weight excluding hydrogens is 473 g/mol. The molecular formula is C29H28FN3O4. The molecule has 1 N–H and O–H groups in total. The van der Waals surface area contributed by atoms with Crippen molar-refractivity contribution in [2.45, 2.75) is 31.2 Å². The molecule has 37 heavy (non-hydrogen) atoms. The number of amides is 3. The average molecular weight is 502 g/mol. The molecule has 2 heterocycles. The Morgan fingerprint density at radius 2 is 1.49 bits per heavy atom. The Morgan fingerprint density at radius 1 is 0.865 bits per heavy atom. The van der Waals surface area contributed by atoms with Gasteiger partial charge in [0.25, 0.3) is 11.8 Å². The third-order valence-corrected chi connectivity index (χ3v) is 7.05. The minimum atomic E-state index is -1.03. The number of ether oxygens (including phenoxy) is 1. The predicted octanol–water partition coefficient (Wildman–Crippen LogP) is 3.62. The van der Waals surface area contributed by atoms with Crippen LogP contribution in [0, 0.1) is 5.82 Å². The Hall–Kier alpha value is -4.04. The van der Waals surface area contributed by atoms with E-state index >= 15 is 0 Å². The van der Waals surface area contributed by atoms with Crippen molar-refractivity contribution in [2.75, 3.05) is 19.7 Å². The number of piperidine rings is 1. The molecule has 3 amide bonds. The Morgan fingerprint density at radius 3 is 2.16 bits per heavy atom. The number of nitrogens with zero attached hydrogens (tertiary/aromatic N) is 2. The molecule has 8 heteroatoms. The number of benzene rings is 3. The lowest BCUT2D eigenvalue weighted by Crippen LogP contribution is -2.59. The number of nitrogens with one attached hydrogen (secondary N) is 1. The number of carbonyl (C=O) groups excluding carboxylic acids is 3. The van der Waals surface area contributed by atoms with E-state index in [9.17, 15) is 18.8 Å². The van der Waals surface area contributed by atoms with Gasteiger partial charge in [-0.25, -0.2) is 4.39 Å². The van der Waals surface area contributed by atoms with Crippen LogP contribution in [0.3, 0.4) is 0 Å². The fourth-order valence-corrected chi connectivity index (χ4v) is 5.05. The Labute approximate surface area is 214 Å². The first-order chi connectivity index (χ1) is 18.0. The SMILES string of the molecule is O=C(NCc1ccccc1)[C@@H]1COC2(CCN(C(=O)c3ccccc3F)CC2)N1C(=O)c1ccccc1. The zero-order valence-corrected chi connectivity index (χ0v) is 20.3. The molecule has 1 atom stereocenters. The van der Waals surface area contributed by atoms with Gasteiger partial charge < -0.3 is 15.0 Å². The number of halogens is 1. The average Bonchev–Trinajstić information content (AvgIpc) is 3.31. The first-order valence-corrected chi connectivity index (χ1v) is 12.4. The fraction of sp³-hybridized carbons (Fsp3) is 0.276.